The maximum atomic E-state index is 6.24. The molecular weight excluding hydrogens is 240 g/mol. The highest BCUT2D eigenvalue weighted by molar-refractivity contribution is 6.33. The fourth-order valence-corrected chi connectivity index (χ4v) is 2.03. The number of benzene rings is 2. The number of hydrogen-bond acceptors (Lipinski definition) is 0. The second-order valence-corrected chi connectivity index (χ2v) is 4.57. The molecule has 0 unspecified atom stereocenters. The molecule has 2 aromatic rings. The van der Waals surface area contributed by atoms with Gasteiger partial charge in [0, 0.05) is 5.03 Å². The van der Waals surface area contributed by atoms with Gasteiger partial charge in [-0.15, -0.1) is 0 Å². The molecule has 0 saturated carbocycles. The Morgan fingerprint density at radius 3 is 2.06 bits per heavy atom. The Labute approximate surface area is 113 Å². The molecule has 0 aromatic heterocycles. The minimum absolute atomic E-state index is 0.738. The second-order valence-electron chi connectivity index (χ2n) is 4.13. The number of hydrogen-bond donors (Lipinski definition) is 0. The van der Waals surface area contributed by atoms with Gasteiger partial charge >= 0.3 is 0 Å². The highest BCUT2D eigenvalue weighted by Crippen LogP contribution is 2.19. The lowest BCUT2D eigenvalue weighted by atomic mass is 10.1. The van der Waals surface area contributed by atoms with Crippen LogP contribution in [-0.4, -0.2) is 0 Å². The summed E-state index contributed by atoms with van der Waals surface area (Å²) in [7, 11) is 0. The molecule has 0 aliphatic carbocycles. The van der Waals surface area contributed by atoms with Crippen molar-refractivity contribution in [3.8, 4) is 0 Å². The van der Waals surface area contributed by atoms with Gasteiger partial charge in [-0.05, 0) is 35.8 Å². The Bertz CT molecular complexity index is 551. The van der Waals surface area contributed by atoms with Crippen LogP contribution in [0.4, 0.5) is 0 Å². The topological polar surface area (TPSA) is 0 Å². The van der Waals surface area contributed by atoms with Gasteiger partial charge in [0.1, 0.15) is 0 Å². The monoisotopic (exact) mass is 254 g/mol. The Balaban J connectivity index is 2.21. The second kappa shape index (κ2) is 6.23. The van der Waals surface area contributed by atoms with E-state index in [1.807, 2.05) is 60.7 Å². The van der Waals surface area contributed by atoms with E-state index in [4.69, 9.17) is 11.6 Å². The largest absolute Gasteiger partial charge is 0.0843 e. The van der Waals surface area contributed by atoms with Crippen molar-refractivity contribution in [1.29, 1.82) is 0 Å². The highest BCUT2D eigenvalue weighted by atomic mass is 35.5. The summed E-state index contributed by atoms with van der Waals surface area (Å²) >= 11 is 6.24. The average molecular weight is 255 g/mol. The molecule has 0 nitrogen and oxygen atoms in total. The van der Waals surface area contributed by atoms with Crippen molar-refractivity contribution in [1.82, 2.24) is 0 Å². The normalized spacial score (nSPS) is 12.6. The van der Waals surface area contributed by atoms with Gasteiger partial charge in [-0.25, -0.2) is 0 Å². The molecule has 0 atom stereocenters. The Kier molecular flexibility index (Phi) is 4.38. The molecule has 0 heterocycles. The van der Waals surface area contributed by atoms with E-state index in [0.717, 1.165) is 16.2 Å². The Morgan fingerprint density at radius 2 is 1.44 bits per heavy atom. The van der Waals surface area contributed by atoms with Crippen LogP contribution in [0.25, 0.3) is 11.6 Å². The lowest BCUT2D eigenvalue weighted by molar-refractivity contribution is 1.56. The van der Waals surface area contributed by atoms with Crippen LogP contribution in [0.15, 0.2) is 71.8 Å². The van der Waals surface area contributed by atoms with E-state index in [1.165, 1.54) is 5.56 Å². The third kappa shape index (κ3) is 3.61. The van der Waals surface area contributed by atoms with Crippen molar-refractivity contribution in [3.63, 3.8) is 0 Å². The lowest BCUT2D eigenvalue weighted by Crippen LogP contribution is -1.78. The van der Waals surface area contributed by atoms with Crippen LogP contribution in [0, 0.1) is 0 Å². The minimum Gasteiger partial charge on any atom is -0.0843 e. The zero-order valence-electron chi connectivity index (χ0n) is 10.3. The first-order valence-corrected chi connectivity index (χ1v) is 6.29. The predicted molar refractivity (Wildman–Crippen MR) is 80.4 cm³/mol. The summed E-state index contributed by atoms with van der Waals surface area (Å²) in [5, 5.41) is 0.738. The molecule has 0 radical (unpaired) electrons. The van der Waals surface area contributed by atoms with Crippen molar-refractivity contribution in [2.24, 2.45) is 0 Å². The lowest BCUT2D eigenvalue weighted by Gasteiger charge is -2.01. The molecule has 0 bridgehead atoms. The van der Waals surface area contributed by atoms with Gasteiger partial charge in [0.2, 0.25) is 0 Å². The van der Waals surface area contributed by atoms with E-state index in [2.05, 4.69) is 19.1 Å². The quantitative estimate of drug-likeness (QED) is 0.646. The summed E-state index contributed by atoms with van der Waals surface area (Å²) in [4.78, 5) is 0. The van der Waals surface area contributed by atoms with Gasteiger partial charge in [0.25, 0.3) is 0 Å². The van der Waals surface area contributed by atoms with Crippen molar-refractivity contribution < 1.29 is 0 Å². The predicted octanol–water partition coefficient (Wildman–Crippen LogP) is 5.37. The third-order valence-electron chi connectivity index (χ3n) is 2.69. The van der Waals surface area contributed by atoms with E-state index in [-0.39, 0.29) is 0 Å². The van der Waals surface area contributed by atoms with Gasteiger partial charge < -0.3 is 0 Å². The molecule has 0 fully saturated rings. The summed E-state index contributed by atoms with van der Waals surface area (Å²) in [6.07, 6.45) is 3.96. The average Bonchev–Trinajstić information content (AvgIpc) is 2.40. The molecule has 0 aliphatic heterocycles. The van der Waals surface area contributed by atoms with Gasteiger partial charge in [0.15, 0.2) is 0 Å². The smallest absolute Gasteiger partial charge is 0.0414 e. The number of halogens is 1. The van der Waals surface area contributed by atoms with E-state index in [1.54, 1.807) is 0 Å². The SMILES string of the molecule is CC(=CC(Cl)=Cc1ccccc1)c1ccccc1. The van der Waals surface area contributed by atoms with Crippen LogP contribution in [0.2, 0.25) is 0 Å². The van der Waals surface area contributed by atoms with Crippen LogP contribution in [0.3, 0.4) is 0 Å². The zero-order valence-corrected chi connectivity index (χ0v) is 11.1. The molecule has 0 N–H and O–H groups in total. The molecule has 0 spiro atoms. The van der Waals surface area contributed by atoms with Crippen molar-refractivity contribution in [3.05, 3.63) is 82.9 Å². The summed E-state index contributed by atoms with van der Waals surface area (Å²) in [6.45, 7) is 2.07. The number of rotatable bonds is 3. The fraction of sp³-hybridized carbons (Fsp3) is 0.0588. The fourth-order valence-electron chi connectivity index (χ4n) is 1.74. The van der Waals surface area contributed by atoms with E-state index >= 15 is 0 Å². The Morgan fingerprint density at radius 1 is 0.889 bits per heavy atom. The first kappa shape index (κ1) is 12.7. The van der Waals surface area contributed by atoms with Crippen molar-refractivity contribution >= 4 is 23.3 Å². The summed E-state index contributed by atoms with van der Waals surface area (Å²) < 4.78 is 0. The summed E-state index contributed by atoms with van der Waals surface area (Å²) in [6, 6.07) is 20.3. The third-order valence-corrected chi connectivity index (χ3v) is 2.91. The molecular formula is C17H15Cl. The van der Waals surface area contributed by atoms with E-state index in [0.29, 0.717) is 0 Å². The Hall–Kier alpha value is -1.79. The first-order valence-electron chi connectivity index (χ1n) is 5.92. The van der Waals surface area contributed by atoms with E-state index in [9.17, 15) is 0 Å². The van der Waals surface area contributed by atoms with Gasteiger partial charge in [-0.2, -0.15) is 0 Å². The van der Waals surface area contributed by atoms with Crippen LogP contribution < -0.4 is 0 Å². The molecule has 18 heavy (non-hydrogen) atoms. The molecule has 0 saturated heterocycles. The minimum atomic E-state index is 0.738. The van der Waals surface area contributed by atoms with Crippen LogP contribution in [-0.2, 0) is 0 Å². The number of allylic oxidation sites excluding steroid dienone is 3. The summed E-state index contributed by atoms with van der Waals surface area (Å²) in [5.41, 5.74) is 3.46. The molecule has 0 amide bonds. The maximum Gasteiger partial charge on any atom is 0.0414 e. The molecule has 90 valence electrons. The van der Waals surface area contributed by atoms with Gasteiger partial charge in [-0.1, -0.05) is 72.3 Å². The molecule has 0 aliphatic rings. The van der Waals surface area contributed by atoms with Crippen LogP contribution in [0.5, 0.6) is 0 Å². The van der Waals surface area contributed by atoms with Crippen LogP contribution in [0.1, 0.15) is 18.1 Å². The van der Waals surface area contributed by atoms with Crippen molar-refractivity contribution in [2.45, 2.75) is 6.92 Å². The molecule has 2 rings (SSSR count). The van der Waals surface area contributed by atoms with E-state index < -0.39 is 0 Å². The highest BCUT2D eigenvalue weighted by Gasteiger charge is 1.95. The standard InChI is InChI=1S/C17H15Cl/c1-14(16-10-6-3-7-11-16)12-17(18)13-15-8-4-2-5-9-15/h2-13H,1H3. The molecule has 1 heteroatoms. The van der Waals surface area contributed by atoms with Crippen molar-refractivity contribution in [2.75, 3.05) is 0 Å². The van der Waals surface area contributed by atoms with Gasteiger partial charge in [0.05, 0.1) is 0 Å². The van der Waals surface area contributed by atoms with Crippen LogP contribution >= 0.6 is 11.6 Å². The summed E-state index contributed by atoms with van der Waals surface area (Å²) in [5.74, 6) is 0. The first-order chi connectivity index (χ1) is 8.75. The zero-order chi connectivity index (χ0) is 12.8. The maximum absolute atomic E-state index is 6.24. The van der Waals surface area contributed by atoms with Gasteiger partial charge in [-0.3, -0.25) is 0 Å². The molecule has 2 aromatic carbocycles.